The van der Waals surface area contributed by atoms with E-state index in [9.17, 15) is 4.79 Å². The summed E-state index contributed by atoms with van der Waals surface area (Å²) in [5.41, 5.74) is 3.32. The molecule has 0 aromatic heterocycles. The summed E-state index contributed by atoms with van der Waals surface area (Å²) in [6, 6.07) is 4.07. The maximum absolute atomic E-state index is 10.4. The van der Waals surface area contributed by atoms with Crippen LogP contribution in [0.15, 0.2) is 12.1 Å². The average Bonchev–Trinajstić information content (AvgIpc) is 2.32. The predicted octanol–water partition coefficient (Wildman–Crippen LogP) is 2.98. The number of ether oxygens (including phenoxy) is 1. The number of unbranched alkanes of at least 4 members (excludes halogenated alkanes) is 1. The third-order valence-electron chi connectivity index (χ3n) is 2.87. The predicted molar refractivity (Wildman–Crippen MR) is 72.4 cm³/mol. The van der Waals surface area contributed by atoms with Crippen molar-refractivity contribution in [3.05, 3.63) is 23.3 Å². The van der Waals surface area contributed by atoms with Gasteiger partial charge in [0.2, 0.25) is 0 Å². The molecule has 1 aromatic rings. The quantitative estimate of drug-likeness (QED) is 0.731. The zero-order chi connectivity index (χ0) is 13.5. The van der Waals surface area contributed by atoms with Crippen LogP contribution in [0, 0.1) is 13.8 Å². The van der Waals surface area contributed by atoms with Gasteiger partial charge in [0.25, 0.3) is 0 Å². The number of aliphatic carboxylic acids is 1. The van der Waals surface area contributed by atoms with Crippen molar-refractivity contribution >= 4 is 11.7 Å². The Morgan fingerprint density at radius 2 is 2.00 bits per heavy atom. The first-order valence-corrected chi connectivity index (χ1v) is 6.15. The summed E-state index contributed by atoms with van der Waals surface area (Å²) < 4.78 is 5.26. The molecular formula is C14H21NO3. The highest BCUT2D eigenvalue weighted by atomic mass is 16.5. The van der Waals surface area contributed by atoms with Crippen molar-refractivity contribution in [1.82, 2.24) is 0 Å². The number of anilines is 1. The fraction of sp³-hybridized carbons (Fsp3) is 0.500. The zero-order valence-electron chi connectivity index (χ0n) is 11.2. The molecule has 1 aromatic carbocycles. The molecule has 100 valence electrons. The van der Waals surface area contributed by atoms with E-state index < -0.39 is 5.97 Å². The fourth-order valence-electron chi connectivity index (χ4n) is 1.82. The molecule has 4 heteroatoms. The third-order valence-corrected chi connectivity index (χ3v) is 2.87. The molecule has 0 aliphatic rings. The van der Waals surface area contributed by atoms with Gasteiger partial charge >= 0.3 is 5.97 Å². The topological polar surface area (TPSA) is 58.6 Å². The SMILES string of the molecule is COc1cc(C)c(NCCCCC(=O)O)cc1C. The number of carbonyl (C=O) groups is 1. The normalized spacial score (nSPS) is 10.2. The molecular weight excluding hydrogens is 230 g/mol. The van der Waals surface area contributed by atoms with Crippen molar-refractivity contribution in [2.45, 2.75) is 33.1 Å². The Bertz CT molecular complexity index is 416. The Balaban J connectivity index is 2.47. The second kappa shape index (κ2) is 6.89. The van der Waals surface area contributed by atoms with Crippen LogP contribution in [0.2, 0.25) is 0 Å². The summed E-state index contributed by atoms with van der Waals surface area (Å²) in [6.45, 7) is 4.83. The number of benzene rings is 1. The minimum absolute atomic E-state index is 0.238. The van der Waals surface area contributed by atoms with Crippen LogP contribution < -0.4 is 10.1 Å². The molecule has 4 nitrogen and oxygen atoms in total. The minimum atomic E-state index is -0.730. The lowest BCUT2D eigenvalue weighted by Crippen LogP contribution is -2.05. The number of carboxylic acids is 1. The Hall–Kier alpha value is -1.71. The van der Waals surface area contributed by atoms with Gasteiger partial charge in [-0.1, -0.05) is 0 Å². The Kier molecular flexibility index (Phi) is 5.49. The molecule has 18 heavy (non-hydrogen) atoms. The van der Waals surface area contributed by atoms with Crippen LogP contribution >= 0.6 is 0 Å². The van der Waals surface area contributed by atoms with Gasteiger partial charge in [0.05, 0.1) is 7.11 Å². The second-order valence-corrected chi connectivity index (χ2v) is 4.41. The van der Waals surface area contributed by atoms with Gasteiger partial charge in [-0.2, -0.15) is 0 Å². The van der Waals surface area contributed by atoms with Crippen LogP contribution in [0.25, 0.3) is 0 Å². The van der Waals surface area contributed by atoms with Crippen molar-refractivity contribution < 1.29 is 14.6 Å². The van der Waals surface area contributed by atoms with Gasteiger partial charge in [-0.15, -0.1) is 0 Å². The smallest absolute Gasteiger partial charge is 0.303 e. The first-order chi connectivity index (χ1) is 8.54. The lowest BCUT2D eigenvalue weighted by molar-refractivity contribution is -0.137. The van der Waals surface area contributed by atoms with Crippen molar-refractivity contribution in [3.8, 4) is 5.75 Å². The molecule has 0 spiro atoms. The number of hydrogen-bond acceptors (Lipinski definition) is 3. The van der Waals surface area contributed by atoms with Crippen molar-refractivity contribution in [2.75, 3.05) is 19.0 Å². The molecule has 0 saturated carbocycles. The summed E-state index contributed by atoms with van der Waals surface area (Å²) in [7, 11) is 1.67. The number of hydrogen-bond donors (Lipinski definition) is 2. The highest BCUT2D eigenvalue weighted by Gasteiger charge is 2.04. The first kappa shape index (κ1) is 14.4. The Morgan fingerprint density at radius 1 is 1.28 bits per heavy atom. The largest absolute Gasteiger partial charge is 0.496 e. The van der Waals surface area contributed by atoms with E-state index in [-0.39, 0.29) is 6.42 Å². The summed E-state index contributed by atoms with van der Waals surface area (Å²) in [5.74, 6) is 0.162. The third kappa shape index (κ3) is 4.28. The van der Waals surface area contributed by atoms with Gasteiger partial charge in [0, 0.05) is 18.7 Å². The van der Waals surface area contributed by atoms with Crippen molar-refractivity contribution in [2.24, 2.45) is 0 Å². The van der Waals surface area contributed by atoms with Gasteiger partial charge in [-0.25, -0.2) is 0 Å². The van der Waals surface area contributed by atoms with E-state index in [4.69, 9.17) is 9.84 Å². The summed E-state index contributed by atoms with van der Waals surface area (Å²) in [4.78, 5) is 10.4. The summed E-state index contributed by atoms with van der Waals surface area (Å²) >= 11 is 0. The highest BCUT2D eigenvalue weighted by molar-refractivity contribution is 5.66. The van der Waals surface area contributed by atoms with E-state index in [1.165, 1.54) is 0 Å². The molecule has 0 aliphatic carbocycles. The molecule has 0 amide bonds. The maximum Gasteiger partial charge on any atom is 0.303 e. The van der Waals surface area contributed by atoms with E-state index >= 15 is 0 Å². The Morgan fingerprint density at radius 3 is 2.61 bits per heavy atom. The fourth-order valence-corrected chi connectivity index (χ4v) is 1.82. The van der Waals surface area contributed by atoms with Crippen molar-refractivity contribution in [1.29, 1.82) is 0 Å². The lowest BCUT2D eigenvalue weighted by Gasteiger charge is -2.13. The number of methoxy groups -OCH3 is 1. The van der Waals surface area contributed by atoms with Crippen LogP contribution in [0.3, 0.4) is 0 Å². The molecule has 0 bridgehead atoms. The second-order valence-electron chi connectivity index (χ2n) is 4.41. The van der Waals surface area contributed by atoms with Gasteiger partial charge in [0.1, 0.15) is 5.75 Å². The number of carboxylic acid groups (broad SMARTS) is 1. The van der Waals surface area contributed by atoms with E-state index in [0.29, 0.717) is 6.42 Å². The molecule has 0 radical (unpaired) electrons. The van der Waals surface area contributed by atoms with E-state index in [1.807, 2.05) is 19.9 Å². The molecule has 1 rings (SSSR count). The summed E-state index contributed by atoms with van der Waals surface area (Å²) in [5, 5.41) is 11.9. The van der Waals surface area contributed by atoms with Gasteiger partial charge in [-0.3, -0.25) is 4.79 Å². The number of aryl methyl sites for hydroxylation is 2. The van der Waals surface area contributed by atoms with E-state index in [1.54, 1.807) is 7.11 Å². The molecule has 0 atom stereocenters. The molecule has 2 N–H and O–H groups in total. The molecule has 0 aliphatic heterocycles. The van der Waals surface area contributed by atoms with Crippen LogP contribution in [0.5, 0.6) is 5.75 Å². The molecule has 0 saturated heterocycles. The Labute approximate surface area is 108 Å². The maximum atomic E-state index is 10.4. The molecule has 0 fully saturated rings. The zero-order valence-corrected chi connectivity index (χ0v) is 11.2. The number of rotatable bonds is 7. The van der Waals surface area contributed by atoms with Crippen LogP contribution in [-0.4, -0.2) is 24.7 Å². The van der Waals surface area contributed by atoms with Crippen molar-refractivity contribution in [3.63, 3.8) is 0 Å². The van der Waals surface area contributed by atoms with Gasteiger partial charge < -0.3 is 15.2 Å². The average molecular weight is 251 g/mol. The molecule has 0 heterocycles. The van der Waals surface area contributed by atoms with Crippen LogP contribution in [-0.2, 0) is 4.79 Å². The summed E-state index contributed by atoms with van der Waals surface area (Å²) in [6.07, 6.45) is 1.80. The standard InChI is InChI=1S/C14H21NO3/c1-10-9-13(18-3)11(2)8-12(10)15-7-5-4-6-14(16)17/h8-9,15H,4-7H2,1-3H3,(H,16,17). The van der Waals surface area contributed by atoms with Crippen LogP contribution in [0.4, 0.5) is 5.69 Å². The van der Waals surface area contributed by atoms with E-state index in [0.717, 1.165) is 35.5 Å². The lowest BCUT2D eigenvalue weighted by atomic mass is 10.1. The van der Waals surface area contributed by atoms with Gasteiger partial charge in [0.15, 0.2) is 0 Å². The first-order valence-electron chi connectivity index (χ1n) is 6.15. The van der Waals surface area contributed by atoms with Crippen LogP contribution in [0.1, 0.15) is 30.4 Å². The minimum Gasteiger partial charge on any atom is -0.496 e. The number of nitrogens with one attached hydrogen (secondary N) is 1. The molecule has 0 unspecified atom stereocenters. The monoisotopic (exact) mass is 251 g/mol. The van der Waals surface area contributed by atoms with Gasteiger partial charge in [-0.05, 0) is 49.9 Å². The van der Waals surface area contributed by atoms with E-state index in [2.05, 4.69) is 11.4 Å². The highest BCUT2D eigenvalue weighted by Crippen LogP contribution is 2.25.